The van der Waals surface area contributed by atoms with E-state index in [1.807, 2.05) is 5.38 Å². The Labute approximate surface area is 60.3 Å². The molecule has 0 saturated heterocycles. The second-order valence-corrected chi connectivity index (χ2v) is 2.81. The molecule has 0 amide bonds. The van der Waals surface area contributed by atoms with Crippen molar-refractivity contribution in [2.24, 2.45) is 0 Å². The molecule has 0 aliphatic rings. The fourth-order valence-corrected chi connectivity index (χ4v) is 1.55. The molecule has 2 aromatic heterocycles. The Hall–Kier alpha value is -1.16. The quantitative estimate of drug-likeness (QED) is 0.611. The first kappa shape index (κ1) is 5.61. The molecule has 2 heterocycles. The van der Waals surface area contributed by atoms with Gasteiger partial charge in [0.1, 0.15) is 4.83 Å². The number of hydrogen-bond donors (Lipinski definition) is 1. The summed E-state index contributed by atoms with van der Waals surface area (Å²) >= 11 is 1.48. The van der Waals surface area contributed by atoms with Crippen LogP contribution < -0.4 is 5.43 Å². The van der Waals surface area contributed by atoms with Crippen LogP contribution >= 0.6 is 11.3 Å². The van der Waals surface area contributed by atoms with Crippen molar-refractivity contribution >= 4 is 21.6 Å². The number of H-pyrrole nitrogens is 1. The van der Waals surface area contributed by atoms with E-state index in [4.69, 9.17) is 0 Å². The molecule has 0 spiro atoms. The summed E-state index contributed by atoms with van der Waals surface area (Å²) in [4.78, 5) is 11.8. The largest absolute Gasteiger partial charge is 0.287 e. The molecule has 10 heavy (non-hydrogen) atoms. The van der Waals surface area contributed by atoms with Gasteiger partial charge < -0.3 is 0 Å². The summed E-state index contributed by atoms with van der Waals surface area (Å²) < 4.78 is 0. The molecule has 0 aromatic carbocycles. The molecule has 0 unspecified atom stereocenters. The standard InChI is InChI=1S/C6H4N2OS/c9-5-3-7-8-6-4(5)1-2-10-6/h1-3H,(H,8,9). The minimum Gasteiger partial charge on any atom is -0.287 e. The minimum absolute atomic E-state index is 0.0185. The Balaban J connectivity index is 3.09. The maximum atomic E-state index is 11.0. The lowest BCUT2D eigenvalue weighted by Gasteiger charge is -1.83. The van der Waals surface area contributed by atoms with Crippen molar-refractivity contribution in [3.8, 4) is 0 Å². The van der Waals surface area contributed by atoms with Gasteiger partial charge in [-0.3, -0.25) is 9.89 Å². The van der Waals surface area contributed by atoms with Crippen LogP contribution in [-0.4, -0.2) is 10.2 Å². The topological polar surface area (TPSA) is 45.8 Å². The fraction of sp³-hybridized carbons (Fsp3) is 0. The van der Waals surface area contributed by atoms with Crippen LogP contribution in [0.15, 0.2) is 22.4 Å². The predicted molar refractivity (Wildman–Crippen MR) is 40.2 cm³/mol. The van der Waals surface area contributed by atoms with Crippen molar-refractivity contribution < 1.29 is 0 Å². The average Bonchev–Trinajstić information content (AvgIpc) is 2.36. The van der Waals surface area contributed by atoms with Crippen molar-refractivity contribution in [1.29, 1.82) is 0 Å². The van der Waals surface area contributed by atoms with Crippen LogP contribution in [0.4, 0.5) is 0 Å². The maximum absolute atomic E-state index is 11.0. The number of nitrogens with one attached hydrogen (secondary N) is 1. The van der Waals surface area contributed by atoms with Gasteiger partial charge in [0.15, 0.2) is 0 Å². The second-order valence-electron chi connectivity index (χ2n) is 1.90. The summed E-state index contributed by atoms with van der Waals surface area (Å²) in [5.41, 5.74) is -0.0185. The van der Waals surface area contributed by atoms with Crippen molar-refractivity contribution in [3.05, 3.63) is 27.9 Å². The molecule has 0 saturated carbocycles. The number of hydrogen-bond acceptors (Lipinski definition) is 3. The second kappa shape index (κ2) is 1.91. The number of fused-ring (bicyclic) bond motifs is 1. The molecule has 4 heteroatoms. The maximum Gasteiger partial charge on any atom is 0.208 e. The monoisotopic (exact) mass is 152 g/mol. The first-order chi connectivity index (χ1) is 4.88. The lowest BCUT2D eigenvalue weighted by molar-refractivity contribution is 1.07. The van der Waals surface area contributed by atoms with E-state index in [-0.39, 0.29) is 5.43 Å². The van der Waals surface area contributed by atoms with Gasteiger partial charge in [-0.25, -0.2) is 0 Å². The molecule has 50 valence electrons. The normalized spacial score (nSPS) is 10.4. The van der Waals surface area contributed by atoms with Crippen LogP contribution in [0.25, 0.3) is 10.2 Å². The van der Waals surface area contributed by atoms with Gasteiger partial charge >= 0.3 is 0 Å². The number of aromatic nitrogens is 2. The van der Waals surface area contributed by atoms with E-state index in [9.17, 15) is 4.79 Å². The number of thiophene rings is 1. The zero-order chi connectivity index (χ0) is 6.97. The van der Waals surface area contributed by atoms with E-state index >= 15 is 0 Å². The van der Waals surface area contributed by atoms with Gasteiger partial charge in [0.2, 0.25) is 5.43 Å². The van der Waals surface area contributed by atoms with Crippen LogP contribution in [0.2, 0.25) is 0 Å². The summed E-state index contributed by atoms with van der Waals surface area (Å²) in [7, 11) is 0. The zero-order valence-corrected chi connectivity index (χ0v) is 5.81. The van der Waals surface area contributed by atoms with Crippen LogP contribution in [0.5, 0.6) is 0 Å². The van der Waals surface area contributed by atoms with Gasteiger partial charge in [0.25, 0.3) is 0 Å². The van der Waals surface area contributed by atoms with E-state index in [0.717, 1.165) is 10.2 Å². The van der Waals surface area contributed by atoms with Crippen LogP contribution in [-0.2, 0) is 0 Å². The van der Waals surface area contributed by atoms with Gasteiger partial charge in [-0.15, -0.1) is 11.3 Å². The van der Waals surface area contributed by atoms with E-state index in [0.29, 0.717) is 0 Å². The van der Waals surface area contributed by atoms with Gasteiger partial charge in [-0.2, -0.15) is 5.10 Å². The number of rotatable bonds is 0. The summed E-state index contributed by atoms with van der Waals surface area (Å²) in [5, 5.41) is 8.99. The van der Waals surface area contributed by atoms with E-state index in [1.165, 1.54) is 17.5 Å². The molecule has 0 aliphatic heterocycles. The third-order valence-corrected chi connectivity index (χ3v) is 2.10. The smallest absolute Gasteiger partial charge is 0.208 e. The Bertz CT molecular complexity index is 403. The molecule has 3 nitrogen and oxygen atoms in total. The van der Waals surface area contributed by atoms with Gasteiger partial charge in [-0.1, -0.05) is 0 Å². The van der Waals surface area contributed by atoms with E-state index in [1.54, 1.807) is 6.07 Å². The van der Waals surface area contributed by atoms with Crippen LogP contribution in [0, 0.1) is 0 Å². The SMILES string of the molecule is O=c1cn[nH]c2sccc12. The molecular weight excluding hydrogens is 148 g/mol. The molecule has 0 fully saturated rings. The molecule has 1 N–H and O–H groups in total. The Morgan fingerprint density at radius 2 is 2.50 bits per heavy atom. The molecule has 0 bridgehead atoms. The number of nitrogens with zero attached hydrogens (tertiary/aromatic N) is 1. The molecule has 0 radical (unpaired) electrons. The summed E-state index contributed by atoms with van der Waals surface area (Å²) in [6, 6.07) is 1.79. The van der Waals surface area contributed by atoms with E-state index in [2.05, 4.69) is 10.2 Å². The molecular formula is C6H4N2OS. The highest BCUT2D eigenvalue weighted by Gasteiger charge is 1.96. The first-order valence-corrected chi connectivity index (χ1v) is 3.67. The minimum atomic E-state index is -0.0185. The zero-order valence-electron chi connectivity index (χ0n) is 5.00. The number of aromatic amines is 1. The van der Waals surface area contributed by atoms with Gasteiger partial charge in [-0.05, 0) is 11.4 Å². The first-order valence-electron chi connectivity index (χ1n) is 2.79. The highest BCUT2D eigenvalue weighted by Crippen LogP contribution is 2.11. The Morgan fingerprint density at radius 3 is 3.30 bits per heavy atom. The van der Waals surface area contributed by atoms with Crippen LogP contribution in [0.1, 0.15) is 0 Å². The van der Waals surface area contributed by atoms with Crippen molar-refractivity contribution in [1.82, 2.24) is 10.2 Å². The molecule has 2 rings (SSSR count). The van der Waals surface area contributed by atoms with Gasteiger partial charge in [0.05, 0.1) is 11.6 Å². The Kier molecular flexibility index (Phi) is 1.07. The lowest BCUT2D eigenvalue weighted by atomic mass is 10.4. The highest BCUT2D eigenvalue weighted by atomic mass is 32.1. The summed E-state index contributed by atoms with van der Waals surface area (Å²) in [5.74, 6) is 0. The van der Waals surface area contributed by atoms with Crippen LogP contribution in [0.3, 0.4) is 0 Å². The van der Waals surface area contributed by atoms with E-state index < -0.39 is 0 Å². The average molecular weight is 152 g/mol. The fourth-order valence-electron chi connectivity index (χ4n) is 0.809. The summed E-state index contributed by atoms with van der Waals surface area (Å²) in [6.07, 6.45) is 1.29. The lowest BCUT2D eigenvalue weighted by Crippen LogP contribution is -1.99. The predicted octanol–water partition coefficient (Wildman–Crippen LogP) is 0.985. The Morgan fingerprint density at radius 1 is 1.60 bits per heavy atom. The third kappa shape index (κ3) is 0.657. The molecule has 0 aliphatic carbocycles. The molecule has 0 atom stereocenters. The highest BCUT2D eigenvalue weighted by molar-refractivity contribution is 7.16. The van der Waals surface area contributed by atoms with Crippen molar-refractivity contribution in [3.63, 3.8) is 0 Å². The molecule has 2 aromatic rings. The third-order valence-electron chi connectivity index (χ3n) is 1.28. The van der Waals surface area contributed by atoms with Gasteiger partial charge in [0, 0.05) is 0 Å². The van der Waals surface area contributed by atoms with Crippen molar-refractivity contribution in [2.45, 2.75) is 0 Å². The van der Waals surface area contributed by atoms with Crippen molar-refractivity contribution in [2.75, 3.05) is 0 Å². The summed E-state index contributed by atoms with van der Waals surface area (Å²) in [6.45, 7) is 0.